The minimum atomic E-state index is -1.26. The molecule has 1 rings (SSSR count). The van der Waals surface area contributed by atoms with Gasteiger partial charge in [0.15, 0.2) is 0 Å². The van der Waals surface area contributed by atoms with E-state index in [2.05, 4.69) is 37.4 Å². The molecule has 1 aliphatic rings. The minimum Gasteiger partial charge on any atom is -0.478 e. The van der Waals surface area contributed by atoms with Crippen LogP contribution in [0.4, 0.5) is 0 Å². The van der Waals surface area contributed by atoms with E-state index in [1.54, 1.807) is 0 Å². The smallest absolute Gasteiger partial charge is 0.328 e. The van der Waals surface area contributed by atoms with Crippen molar-refractivity contribution in [1.29, 1.82) is 0 Å². The summed E-state index contributed by atoms with van der Waals surface area (Å²) in [7, 11) is 4.28. The average molecular weight is 243 g/mol. The fourth-order valence-corrected chi connectivity index (χ4v) is 1.38. The van der Waals surface area contributed by atoms with Crippen LogP contribution in [0.15, 0.2) is 12.2 Å². The van der Waals surface area contributed by atoms with Crippen molar-refractivity contribution in [1.82, 2.24) is 4.90 Å². The first-order chi connectivity index (χ1) is 7.75. The summed E-state index contributed by atoms with van der Waals surface area (Å²) in [6.45, 7) is 5.57. The summed E-state index contributed by atoms with van der Waals surface area (Å²) in [5.74, 6) is -1.14. The molecule has 1 unspecified atom stereocenters. The quantitative estimate of drug-likeness (QED) is 0.531. The lowest BCUT2D eigenvalue weighted by Gasteiger charge is -2.07. The highest BCUT2D eigenvalue weighted by Gasteiger charge is 2.27. The molecule has 0 amide bonds. The first-order valence-corrected chi connectivity index (χ1v) is 5.17. The van der Waals surface area contributed by atoms with E-state index in [4.69, 9.17) is 10.2 Å². The van der Waals surface area contributed by atoms with E-state index in [0.29, 0.717) is 18.2 Å². The number of hydrogen-bond donors (Lipinski definition) is 2. The normalized spacial score (nSPS) is 19.3. The molecule has 0 fully saturated rings. The molecule has 0 aliphatic carbocycles. The van der Waals surface area contributed by atoms with Crippen LogP contribution in [0, 0.1) is 0 Å². The van der Waals surface area contributed by atoms with E-state index in [-0.39, 0.29) is 0 Å². The fourth-order valence-electron chi connectivity index (χ4n) is 1.38. The topological polar surface area (TPSA) is 80.8 Å². The van der Waals surface area contributed by atoms with Gasteiger partial charge in [-0.25, -0.2) is 9.59 Å². The van der Waals surface area contributed by atoms with Crippen molar-refractivity contribution >= 4 is 17.8 Å². The number of amidine groups is 1. The molecule has 2 N–H and O–H groups in total. The van der Waals surface area contributed by atoms with Crippen molar-refractivity contribution in [2.24, 2.45) is 0 Å². The van der Waals surface area contributed by atoms with Gasteiger partial charge in [-0.1, -0.05) is 0 Å². The lowest BCUT2D eigenvalue weighted by Crippen LogP contribution is -2.28. The molecule has 0 saturated heterocycles. The first kappa shape index (κ1) is 15.2. The van der Waals surface area contributed by atoms with Gasteiger partial charge in [-0.15, -0.1) is 0 Å². The maximum Gasteiger partial charge on any atom is 0.328 e. The Hall–Kier alpha value is -1.85. The van der Waals surface area contributed by atoms with Crippen LogP contribution in [0.1, 0.15) is 13.8 Å². The summed E-state index contributed by atoms with van der Waals surface area (Å²) in [6, 6.07) is 0.690. The number of nitrogens with zero attached hydrogens (tertiary/aromatic N) is 2. The van der Waals surface area contributed by atoms with Crippen molar-refractivity contribution in [3.05, 3.63) is 12.2 Å². The Bertz CT molecular complexity index is 344. The number of likely N-dealkylation sites (N-methyl/N-ethyl adjacent to an activating group) is 2. The van der Waals surface area contributed by atoms with Crippen LogP contribution < -0.4 is 0 Å². The summed E-state index contributed by atoms with van der Waals surface area (Å²) in [5, 5.41) is 15.6. The van der Waals surface area contributed by atoms with Gasteiger partial charge in [-0.3, -0.25) is 9.48 Å². The van der Waals surface area contributed by atoms with E-state index in [0.717, 1.165) is 0 Å². The van der Waals surface area contributed by atoms with Gasteiger partial charge in [-0.2, -0.15) is 0 Å². The Morgan fingerprint density at radius 3 is 1.88 bits per heavy atom. The van der Waals surface area contributed by atoms with E-state index in [9.17, 15) is 9.59 Å². The highest BCUT2D eigenvalue weighted by Crippen LogP contribution is 2.04. The maximum absolute atomic E-state index is 9.55. The molecule has 0 aromatic heterocycles. The van der Waals surface area contributed by atoms with Crippen LogP contribution >= 0.6 is 0 Å². The molecule has 0 saturated carbocycles. The lowest BCUT2D eigenvalue weighted by atomic mass is 10.3. The van der Waals surface area contributed by atoms with Crippen LogP contribution in [0.2, 0.25) is 0 Å². The Morgan fingerprint density at radius 2 is 1.76 bits per heavy atom. The summed E-state index contributed by atoms with van der Waals surface area (Å²) < 4.78 is 2.28. The Kier molecular flexibility index (Phi) is 5.95. The minimum absolute atomic E-state index is 0.558. The average Bonchev–Trinajstić information content (AvgIpc) is 2.44. The van der Waals surface area contributed by atoms with Gasteiger partial charge in [0, 0.05) is 19.1 Å². The molecular weight excluding hydrogens is 224 g/mol. The van der Waals surface area contributed by atoms with Gasteiger partial charge >= 0.3 is 11.9 Å². The van der Waals surface area contributed by atoms with Crippen LogP contribution in [0.3, 0.4) is 0 Å². The van der Waals surface area contributed by atoms with Gasteiger partial charge in [0.1, 0.15) is 12.6 Å². The van der Waals surface area contributed by atoms with Crippen LogP contribution in [-0.2, 0) is 9.59 Å². The third-order valence-electron chi connectivity index (χ3n) is 2.63. The molecule has 1 aliphatic heterocycles. The molecule has 6 heteroatoms. The van der Waals surface area contributed by atoms with Crippen molar-refractivity contribution < 1.29 is 24.4 Å². The molecule has 17 heavy (non-hydrogen) atoms. The van der Waals surface area contributed by atoms with Crippen LogP contribution in [0.5, 0.6) is 0 Å². The number of aliphatic carboxylic acids is 2. The van der Waals surface area contributed by atoms with Crippen molar-refractivity contribution in [3.63, 3.8) is 0 Å². The Morgan fingerprint density at radius 1 is 1.35 bits per heavy atom. The molecule has 1 heterocycles. The highest BCUT2D eigenvalue weighted by molar-refractivity contribution is 5.89. The van der Waals surface area contributed by atoms with Gasteiger partial charge in [0.2, 0.25) is 5.84 Å². The second-order valence-electron chi connectivity index (χ2n) is 3.90. The predicted molar refractivity (Wildman–Crippen MR) is 63.4 cm³/mol. The molecule has 0 aromatic rings. The third kappa shape index (κ3) is 5.70. The number of carboxylic acid groups (broad SMARTS) is 2. The second kappa shape index (κ2) is 6.67. The van der Waals surface area contributed by atoms with Crippen molar-refractivity contribution in [2.45, 2.75) is 19.9 Å². The Balaban J connectivity index is 0.000000304. The number of rotatable bonds is 2. The third-order valence-corrected chi connectivity index (χ3v) is 2.63. The van der Waals surface area contributed by atoms with Crippen LogP contribution in [-0.4, -0.2) is 64.1 Å². The number of hydrogen-bond acceptors (Lipinski definition) is 3. The number of carboxylic acids is 2. The van der Waals surface area contributed by atoms with Crippen molar-refractivity contribution in [2.75, 3.05) is 20.6 Å². The summed E-state index contributed by atoms with van der Waals surface area (Å²) in [5.41, 5.74) is 0. The fraction of sp³-hybridized carbons (Fsp3) is 0.545. The van der Waals surface area contributed by atoms with Gasteiger partial charge in [-0.05, 0) is 6.92 Å². The SMILES string of the molecule is CC1=[N+](C)CC(C)N1C.O=C(O)/C=C\C(=O)O. The number of carbonyl (C=O) groups is 2. The van der Waals surface area contributed by atoms with Gasteiger partial charge in [0.25, 0.3) is 0 Å². The monoisotopic (exact) mass is 243 g/mol. The van der Waals surface area contributed by atoms with E-state index < -0.39 is 11.9 Å². The van der Waals surface area contributed by atoms with E-state index >= 15 is 0 Å². The lowest BCUT2D eigenvalue weighted by molar-refractivity contribution is -0.490. The standard InChI is InChI=1S/C7H15N2.C4H4O4/c1-6-5-8(3)7(2)9(6)4;5-3(6)1-2-4(7)8/h6H,5H2,1-4H3;1-2H,(H,5,6)(H,7,8)/q+1;/b;2-1-. The Labute approximate surface area is 100 Å². The van der Waals surface area contributed by atoms with Crippen LogP contribution in [0.25, 0.3) is 0 Å². The molecule has 96 valence electrons. The highest BCUT2D eigenvalue weighted by atomic mass is 16.4. The molecule has 1 atom stereocenters. The van der Waals surface area contributed by atoms with E-state index in [1.165, 1.54) is 12.4 Å². The summed E-state index contributed by atoms with van der Waals surface area (Å²) in [6.07, 6.45) is 1.12. The van der Waals surface area contributed by atoms with Gasteiger partial charge < -0.3 is 10.2 Å². The van der Waals surface area contributed by atoms with Crippen molar-refractivity contribution in [3.8, 4) is 0 Å². The first-order valence-electron chi connectivity index (χ1n) is 5.17. The predicted octanol–water partition coefficient (Wildman–Crippen LogP) is 0.0928. The summed E-state index contributed by atoms with van der Waals surface area (Å²) in [4.78, 5) is 21.4. The summed E-state index contributed by atoms with van der Waals surface area (Å²) >= 11 is 0. The zero-order valence-corrected chi connectivity index (χ0v) is 10.5. The zero-order chi connectivity index (χ0) is 13.6. The largest absolute Gasteiger partial charge is 0.478 e. The molecule has 0 aromatic carbocycles. The molecule has 0 bridgehead atoms. The molecule has 0 spiro atoms. The molecule has 6 nitrogen and oxygen atoms in total. The second-order valence-corrected chi connectivity index (χ2v) is 3.90. The van der Waals surface area contributed by atoms with Gasteiger partial charge in [0.05, 0.1) is 14.1 Å². The van der Waals surface area contributed by atoms with E-state index in [1.807, 2.05) is 0 Å². The maximum atomic E-state index is 9.55. The zero-order valence-electron chi connectivity index (χ0n) is 10.5. The molecule has 0 radical (unpaired) electrons. The molecular formula is C11H19N2O4+.